The van der Waals surface area contributed by atoms with E-state index in [0.29, 0.717) is 5.02 Å². The maximum absolute atomic E-state index is 6.27. The molecule has 0 aliphatic rings. The molecule has 0 aliphatic carbocycles. The summed E-state index contributed by atoms with van der Waals surface area (Å²) in [5.74, 6) is 0. The van der Waals surface area contributed by atoms with Gasteiger partial charge >= 0.3 is 0 Å². The third-order valence-corrected chi connectivity index (χ3v) is 4.51. The van der Waals surface area contributed by atoms with Gasteiger partial charge in [0.2, 0.25) is 0 Å². The predicted molar refractivity (Wildman–Crippen MR) is 89.0 cm³/mol. The molecule has 3 aromatic rings. The van der Waals surface area contributed by atoms with E-state index in [1.54, 1.807) is 0 Å². The highest BCUT2D eigenvalue weighted by atomic mass is 79.9. The minimum absolute atomic E-state index is 0.603. The quantitative estimate of drug-likeness (QED) is 0.640. The number of benzene rings is 2. The molecular weight excluding hydrogens is 360 g/mol. The van der Waals surface area contributed by atoms with Crippen LogP contribution in [0.1, 0.15) is 5.56 Å². The highest BCUT2D eigenvalue weighted by Gasteiger charge is 2.12. The van der Waals surface area contributed by atoms with Crippen molar-refractivity contribution in [2.75, 3.05) is 11.1 Å². The minimum atomic E-state index is 0.603. The fourth-order valence-corrected chi connectivity index (χ4v) is 3.08. The molecule has 0 radical (unpaired) electrons. The van der Waals surface area contributed by atoms with Crippen molar-refractivity contribution in [1.29, 1.82) is 0 Å². The van der Waals surface area contributed by atoms with Gasteiger partial charge in [0, 0.05) is 10.2 Å². The van der Waals surface area contributed by atoms with Crippen molar-refractivity contribution in [3.05, 3.63) is 39.3 Å². The Kier molecular flexibility index (Phi) is 3.54. The molecule has 0 amide bonds. The molecule has 2 aromatic carbocycles. The Balaban J connectivity index is 2.12. The van der Waals surface area contributed by atoms with Crippen LogP contribution in [0.25, 0.3) is 11.0 Å². The Morgan fingerprint density at radius 1 is 1.30 bits per heavy atom. The van der Waals surface area contributed by atoms with Gasteiger partial charge in [0.05, 0.1) is 28.1 Å². The molecule has 3 rings (SSSR count). The van der Waals surface area contributed by atoms with Gasteiger partial charge in [-0.2, -0.15) is 8.75 Å². The summed E-state index contributed by atoms with van der Waals surface area (Å²) >= 11 is 10.9. The molecule has 0 atom stereocenters. The summed E-state index contributed by atoms with van der Waals surface area (Å²) in [6.45, 7) is 1.96. The van der Waals surface area contributed by atoms with Gasteiger partial charge in [-0.15, -0.1) is 0 Å². The predicted octanol–water partition coefficient (Wildman–Crippen LogP) is 4.74. The molecule has 1 aromatic heterocycles. The Morgan fingerprint density at radius 3 is 2.90 bits per heavy atom. The normalized spacial score (nSPS) is 10.9. The van der Waals surface area contributed by atoms with Gasteiger partial charge < -0.3 is 11.1 Å². The fraction of sp³-hybridized carbons (Fsp3) is 0.0769. The highest BCUT2D eigenvalue weighted by Crippen LogP contribution is 2.36. The van der Waals surface area contributed by atoms with Crippen LogP contribution in [0.4, 0.5) is 17.1 Å². The molecule has 1 heterocycles. The molecule has 0 aliphatic heterocycles. The van der Waals surface area contributed by atoms with Gasteiger partial charge in [-0.25, -0.2) is 0 Å². The maximum Gasteiger partial charge on any atom is 0.129 e. The van der Waals surface area contributed by atoms with Gasteiger partial charge in [-0.3, -0.25) is 0 Å². The fourth-order valence-electron chi connectivity index (χ4n) is 1.87. The number of hydrogen-bond donors (Lipinski definition) is 2. The lowest BCUT2D eigenvalue weighted by atomic mass is 10.1. The van der Waals surface area contributed by atoms with Gasteiger partial charge in [-0.1, -0.05) is 11.6 Å². The molecule has 3 N–H and O–H groups in total. The second-order valence-corrected chi connectivity index (χ2v) is 6.16. The molecule has 0 bridgehead atoms. The van der Waals surface area contributed by atoms with Crippen LogP contribution in [-0.2, 0) is 0 Å². The Bertz CT molecular complexity index is 802. The maximum atomic E-state index is 6.27. The Morgan fingerprint density at radius 2 is 2.10 bits per heavy atom. The van der Waals surface area contributed by atoms with Crippen LogP contribution >= 0.6 is 39.3 Å². The average molecular weight is 370 g/mol. The van der Waals surface area contributed by atoms with Crippen molar-refractivity contribution < 1.29 is 0 Å². The van der Waals surface area contributed by atoms with Gasteiger partial charge in [0.25, 0.3) is 0 Å². The van der Waals surface area contributed by atoms with Crippen molar-refractivity contribution in [3.63, 3.8) is 0 Å². The van der Waals surface area contributed by atoms with Crippen LogP contribution < -0.4 is 11.1 Å². The van der Waals surface area contributed by atoms with Crippen LogP contribution in [0.2, 0.25) is 5.02 Å². The number of nitrogens with one attached hydrogen (secondary N) is 1. The number of hydrogen-bond acceptors (Lipinski definition) is 5. The van der Waals surface area contributed by atoms with E-state index in [1.807, 2.05) is 31.2 Å². The number of halogens is 2. The number of fused-ring (bicyclic) bond motifs is 1. The number of rotatable bonds is 2. The summed E-state index contributed by atoms with van der Waals surface area (Å²) in [5.41, 5.74) is 10.8. The SMILES string of the molecule is Cc1cc(Nc2c(Cl)ccc3nsnc23)c(Br)cc1N. The van der Waals surface area contributed by atoms with E-state index in [4.69, 9.17) is 17.3 Å². The van der Waals surface area contributed by atoms with Gasteiger partial charge in [-0.05, 0) is 52.7 Å². The van der Waals surface area contributed by atoms with E-state index in [9.17, 15) is 0 Å². The standard InChI is InChI=1S/C13H10BrClN4S/c1-6-4-11(7(14)5-9(6)16)17-12-8(15)2-3-10-13(12)19-20-18-10/h2-5,17H,16H2,1H3. The molecule has 0 saturated carbocycles. The number of nitrogens with zero attached hydrogens (tertiary/aromatic N) is 2. The molecule has 0 unspecified atom stereocenters. The van der Waals surface area contributed by atoms with Crippen LogP contribution in [-0.4, -0.2) is 8.75 Å². The monoisotopic (exact) mass is 368 g/mol. The van der Waals surface area contributed by atoms with E-state index in [-0.39, 0.29) is 0 Å². The van der Waals surface area contributed by atoms with Crippen molar-refractivity contribution in [2.45, 2.75) is 6.92 Å². The third kappa shape index (κ3) is 2.34. The van der Waals surface area contributed by atoms with Crippen LogP contribution in [0.3, 0.4) is 0 Å². The van der Waals surface area contributed by atoms with E-state index in [1.165, 1.54) is 11.7 Å². The van der Waals surface area contributed by atoms with E-state index in [0.717, 1.165) is 38.1 Å². The first-order valence-corrected chi connectivity index (χ1v) is 7.70. The second-order valence-electron chi connectivity index (χ2n) is 4.37. The van der Waals surface area contributed by atoms with Crippen molar-refractivity contribution in [2.24, 2.45) is 0 Å². The van der Waals surface area contributed by atoms with Gasteiger partial charge in [0.1, 0.15) is 11.0 Å². The zero-order valence-electron chi connectivity index (χ0n) is 10.4. The summed E-state index contributed by atoms with van der Waals surface area (Å²) in [4.78, 5) is 0. The van der Waals surface area contributed by atoms with Crippen molar-refractivity contribution in [1.82, 2.24) is 8.75 Å². The first kappa shape index (κ1) is 13.6. The molecule has 0 saturated heterocycles. The largest absolute Gasteiger partial charge is 0.398 e. The summed E-state index contributed by atoms with van der Waals surface area (Å²) in [7, 11) is 0. The summed E-state index contributed by atoms with van der Waals surface area (Å²) in [6, 6.07) is 7.50. The first-order valence-electron chi connectivity index (χ1n) is 5.79. The lowest BCUT2D eigenvalue weighted by molar-refractivity contribution is 1.43. The lowest BCUT2D eigenvalue weighted by Gasteiger charge is -2.12. The van der Waals surface area contributed by atoms with Crippen molar-refractivity contribution >= 4 is 67.4 Å². The van der Waals surface area contributed by atoms with Crippen LogP contribution in [0.5, 0.6) is 0 Å². The van der Waals surface area contributed by atoms with Gasteiger partial charge in [0.15, 0.2) is 0 Å². The van der Waals surface area contributed by atoms with E-state index in [2.05, 4.69) is 30.0 Å². The Labute approximate surface area is 133 Å². The van der Waals surface area contributed by atoms with Crippen LogP contribution in [0, 0.1) is 6.92 Å². The Hall–Kier alpha value is -1.37. The minimum Gasteiger partial charge on any atom is -0.398 e. The molecule has 102 valence electrons. The zero-order valence-corrected chi connectivity index (χ0v) is 13.6. The highest BCUT2D eigenvalue weighted by molar-refractivity contribution is 9.10. The number of anilines is 3. The molecule has 20 heavy (non-hydrogen) atoms. The van der Waals surface area contributed by atoms with Crippen LogP contribution in [0.15, 0.2) is 28.7 Å². The lowest BCUT2D eigenvalue weighted by Crippen LogP contribution is -1.97. The zero-order chi connectivity index (χ0) is 14.3. The third-order valence-electron chi connectivity index (χ3n) is 2.99. The number of aromatic nitrogens is 2. The van der Waals surface area contributed by atoms with Crippen molar-refractivity contribution in [3.8, 4) is 0 Å². The number of aryl methyl sites for hydroxylation is 1. The molecular formula is C13H10BrClN4S. The van der Waals surface area contributed by atoms with E-state index >= 15 is 0 Å². The molecule has 4 nitrogen and oxygen atoms in total. The molecule has 0 fully saturated rings. The number of nitrogen functional groups attached to an aromatic ring is 1. The molecule has 0 spiro atoms. The topological polar surface area (TPSA) is 63.8 Å². The smallest absolute Gasteiger partial charge is 0.129 e. The second kappa shape index (κ2) is 5.20. The molecule has 7 heteroatoms. The summed E-state index contributed by atoms with van der Waals surface area (Å²) in [6.07, 6.45) is 0. The summed E-state index contributed by atoms with van der Waals surface area (Å²) in [5, 5.41) is 3.91. The number of nitrogens with two attached hydrogens (primary N) is 1. The average Bonchev–Trinajstić information content (AvgIpc) is 2.87. The summed E-state index contributed by atoms with van der Waals surface area (Å²) < 4.78 is 9.38. The van der Waals surface area contributed by atoms with E-state index < -0.39 is 0 Å². The first-order chi connectivity index (χ1) is 9.56.